The van der Waals surface area contributed by atoms with Gasteiger partial charge in [-0.1, -0.05) is 12.8 Å². The summed E-state index contributed by atoms with van der Waals surface area (Å²) in [6, 6.07) is 9.27. The molecule has 2 aromatic heterocycles. The minimum absolute atomic E-state index is 0.0373. The highest BCUT2D eigenvalue weighted by Gasteiger charge is 2.26. The van der Waals surface area contributed by atoms with Crippen LogP contribution in [0.4, 0.5) is 11.6 Å². The number of rotatable bonds is 9. The van der Waals surface area contributed by atoms with E-state index in [0.717, 1.165) is 42.4 Å². The van der Waals surface area contributed by atoms with Crippen molar-refractivity contribution in [3.05, 3.63) is 47.8 Å². The fourth-order valence-electron chi connectivity index (χ4n) is 4.34. The number of isothiocyanates is 1. The van der Waals surface area contributed by atoms with E-state index in [0.29, 0.717) is 36.7 Å². The lowest BCUT2D eigenvalue weighted by atomic mass is 10.2. The number of aliphatic imine (C=N–C) groups is 1. The first-order valence-electron chi connectivity index (χ1n) is 11.8. The van der Waals surface area contributed by atoms with Crippen LogP contribution in [0.5, 0.6) is 0 Å². The van der Waals surface area contributed by atoms with Crippen molar-refractivity contribution >= 4 is 51.9 Å². The van der Waals surface area contributed by atoms with Crippen molar-refractivity contribution < 1.29 is 9.59 Å². The van der Waals surface area contributed by atoms with E-state index in [2.05, 4.69) is 42.6 Å². The molecule has 0 spiro atoms. The molecule has 1 saturated carbocycles. The van der Waals surface area contributed by atoms with Gasteiger partial charge in [0, 0.05) is 49.5 Å². The predicted octanol–water partition coefficient (Wildman–Crippen LogP) is 4.21. The summed E-state index contributed by atoms with van der Waals surface area (Å²) in [5.74, 6) is 0.257. The van der Waals surface area contributed by atoms with Crippen molar-refractivity contribution in [2.45, 2.75) is 38.1 Å². The van der Waals surface area contributed by atoms with E-state index < -0.39 is 0 Å². The second-order valence-corrected chi connectivity index (χ2v) is 8.98. The third-order valence-electron chi connectivity index (χ3n) is 6.09. The minimum atomic E-state index is -0.145. The number of amides is 2. The molecule has 1 fully saturated rings. The third-order valence-corrected chi connectivity index (χ3v) is 6.22. The van der Waals surface area contributed by atoms with Crippen LogP contribution in [0.2, 0.25) is 0 Å². The summed E-state index contributed by atoms with van der Waals surface area (Å²) in [4.78, 5) is 39.8. The van der Waals surface area contributed by atoms with Gasteiger partial charge in [0.15, 0.2) is 0 Å². The second-order valence-electron chi connectivity index (χ2n) is 8.79. The van der Waals surface area contributed by atoms with E-state index in [1.54, 1.807) is 37.3 Å². The molecular weight excluding hydrogens is 462 g/mol. The van der Waals surface area contributed by atoms with Crippen LogP contribution in [-0.2, 0) is 0 Å². The number of anilines is 2. The number of aromatic nitrogens is 3. The Hall–Kier alpha value is -3.62. The number of fused-ring (bicyclic) bond motifs is 1. The molecule has 1 aromatic carbocycles. The molecule has 35 heavy (non-hydrogen) atoms. The highest BCUT2D eigenvalue weighted by Crippen LogP contribution is 2.34. The van der Waals surface area contributed by atoms with E-state index in [4.69, 9.17) is 4.98 Å². The third kappa shape index (κ3) is 5.72. The maximum atomic E-state index is 12.9. The molecule has 0 radical (unpaired) electrons. The molecule has 0 saturated heterocycles. The Morgan fingerprint density at radius 1 is 1.23 bits per heavy atom. The Labute approximate surface area is 209 Å². The number of hydrogen-bond donors (Lipinski definition) is 2. The molecule has 1 aliphatic rings. The fourth-order valence-corrected chi connectivity index (χ4v) is 4.43. The zero-order valence-electron chi connectivity index (χ0n) is 20.0. The Balaban J connectivity index is 1.51. The Morgan fingerprint density at radius 2 is 1.97 bits per heavy atom. The van der Waals surface area contributed by atoms with Gasteiger partial charge in [0.05, 0.1) is 11.7 Å². The van der Waals surface area contributed by atoms with Crippen molar-refractivity contribution in [2.75, 3.05) is 32.5 Å². The van der Waals surface area contributed by atoms with Crippen molar-refractivity contribution in [2.24, 2.45) is 4.99 Å². The van der Waals surface area contributed by atoms with Crippen molar-refractivity contribution in [3.63, 3.8) is 0 Å². The van der Waals surface area contributed by atoms with Gasteiger partial charge in [-0.2, -0.15) is 4.98 Å². The number of carbonyl (C=O) groups is 2. The lowest BCUT2D eigenvalue weighted by Gasteiger charge is -2.19. The van der Waals surface area contributed by atoms with Gasteiger partial charge >= 0.3 is 0 Å². The van der Waals surface area contributed by atoms with Gasteiger partial charge in [-0.15, -0.1) is 0 Å². The first-order chi connectivity index (χ1) is 17.0. The Bertz CT molecular complexity index is 1260. The van der Waals surface area contributed by atoms with Gasteiger partial charge in [-0.05, 0) is 61.8 Å². The molecule has 0 unspecified atom stereocenters. The average molecular weight is 492 g/mol. The smallest absolute Gasteiger partial charge is 0.270 e. The molecule has 182 valence electrons. The molecule has 10 heteroatoms. The Morgan fingerprint density at radius 3 is 2.66 bits per heavy atom. The standard InChI is InChI=1S/C25H29N7O2S/c1-31(2)24(34)21-14-18-15-28-25(30-22(18)32(21)20-6-3-4-7-20)29-19-10-8-17(9-11-19)23(33)27-13-5-12-26-16-35/h8-11,14-15,20H,3-7,12-13H2,1-2H3,(H,27,33)(H,28,29,30). The zero-order valence-corrected chi connectivity index (χ0v) is 20.8. The van der Waals surface area contributed by atoms with E-state index in [1.165, 1.54) is 0 Å². The number of nitrogens with one attached hydrogen (secondary N) is 2. The summed E-state index contributed by atoms with van der Waals surface area (Å²) in [6.45, 7) is 1.07. The molecule has 3 aromatic rings. The van der Waals surface area contributed by atoms with Crippen molar-refractivity contribution in [1.29, 1.82) is 0 Å². The van der Waals surface area contributed by atoms with Crippen LogP contribution >= 0.6 is 12.2 Å². The first kappa shape index (κ1) is 24.5. The minimum Gasteiger partial charge on any atom is -0.352 e. The van der Waals surface area contributed by atoms with Crippen LogP contribution in [0.25, 0.3) is 11.0 Å². The molecule has 9 nitrogen and oxygen atoms in total. The van der Waals surface area contributed by atoms with Crippen LogP contribution in [0.1, 0.15) is 59.0 Å². The van der Waals surface area contributed by atoms with Crippen LogP contribution in [0, 0.1) is 0 Å². The maximum Gasteiger partial charge on any atom is 0.270 e. The van der Waals surface area contributed by atoms with E-state index in [-0.39, 0.29) is 17.9 Å². The average Bonchev–Trinajstić information content (AvgIpc) is 3.51. The lowest BCUT2D eigenvalue weighted by molar-refractivity contribution is 0.0815. The molecule has 0 aliphatic heterocycles. The maximum absolute atomic E-state index is 12.9. The molecule has 2 amide bonds. The van der Waals surface area contributed by atoms with Gasteiger partial charge in [0.2, 0.25) is 5.95 Å². The van der Waals surface area contributed by atoms with Gasteiger partial charge in [0.25, 0.3) is 11.8 Å². The highest BCUT2D eigenvalue weighted by molar-refractivity contribution is 7.78. The SMILES string of the molecule is CN(C)C(=O)c1cc2cnc(Nc3ccc(C(=O)NCCCN=C=S)cc3)nc2n1C1CCCC1. The number of carbonyl (C=O) groups excluding carboxylic acids is 2. The Kier molecular flexibility index (Phi) is 7.84. The number of benzene rings is 1. The van der Waals surface area contributed by atoms with Crippen molar-refractivity contribution in [1.82, 2.24) is 24.8 Å². The topological polar surface area (TPSA) is 105 Å². The molecule has 2 N–H and O–H groups in total. The number of thiocarbonyl (C=S) groups is 1. The van der Waals surface area contributed by atoms with E-state index in [1.807, 2.05) is 18.2 Å². The summed E-state index contributed by atoms with van der Waals surface area (Å²) < 4.78 is 2.09. The van der Waals surface area contributed by atoms with E-state index >= 15 is 0 Å². The van der Waals surface area contributed by atoms with Crippen molar-refractivity contribution in [3.8, 4) is 0 Å². The lowest BCUT2D eigenvalue weighted by Crippen LogP contribution is -2.25. The van der Waals surface area contributed by atoms with Crippen LogP contribution in [-0.4, -0.2) is 63.6 Å². The number of nitrogens with zero attached hydrogens (tertiary/aromatic N) is 5. The van der Waals surface area contributed by atoms with Gasteiger partial charge in [-0.25, -0.2) is 9.98 Å². The highest BCUT2D eigenvalue weighted by atomic mass is 32.1. The molecular formula is C25H29N7O2S. The van der Waals surface area contributed by atoms with Crippen LogP contribution < -0.4 is 10.6 Å². The molecule has 0 bridgehead atoms. The molecule has 4 rings (SSSR count). The van der Waals surface area contributed by atoms with Crippen LogP contribution in [0.3, 0.4) is 0 Å². The first-order valence-corrected chi connectivity index (χ1v) is 12.2. The van der Waals surface area contributed by atoms with Gasteiger partial charge < -0.3 is 20.1 Å². The largest absolute Gasteiger partial charge is 0.352 e. The predicted molar refractivity (Wildman–Crippen MR) is 140 cm³/mol. The fraction of sp³-hybridized carbons (Fsp3) is 0.400. The van der Waals surface area contributed by atoms with Crippen LogP contribution in [0.15, 0.2) is 41.5 Å². The normalized spacial score (nSPS) is 13.4. The quantitative estimate of drug-likeness (QED) is 0.264. The number of hydrogen-bond acceptors (Lipinski definition) is 7. The summed E-state index contributed by atoms with van der Waals surface area (Å²) in [7, 11) is 3.52. The molecule has 2 heterocycles. The second kappa shape index (κ2) is 11.2. The summed E-state index contributed by atoms with van der Waals surface area (Å²) >= 11 is 4.53. The summed E-state index contributed by atoms with van der Waals surface area (Å²) in [5.41, 5.74) is 2.73. The van der Waals surface area contributed by atoms with Gasteiger partial charge in [0.1, 0.15) is 11.3 Å². The monoisotopic (exact) mass is 491 g/mol. The molecule has 0 atom stereocenters. The summed E-state index contributed by atoms with van der Waals surface area (Å²) in [5, 5.41) is 9.23. The summed E-state index contributed by atoms with van der Waals surface area (Å²) in [6.07, 6.45) is 6.83. The zero-order chi connectivity index (χ0) is 24.8. The van der Waals surface area contributed by atoms with Gasteiger partial charge in [-0.3, -0.25) is 9.59 Å². The van der Waals surface area contributed by atoms with E-state index in [9.17, 15) is 9.59 Å². The molecule has 1 aliphatic carbocycles.